The number of likely N-dealkylation sites (N-methyl/N-ethyl adjacent to an activating group) is 1. The molecule has 0 radical (unpaired) electrons. The molecule has 1 heterocycles. The molecular formula is C15H21BrFN3O. The lowest BCUT2D eigenvalue weighted by molar-refractivity contribution is -0.130. The Hall–Kier alpha value is -1.14. The Morgan fingerprint density at radius 1 is 1.43 bits per heavy atom. The van der Waals surface area contributed by atoms with E-state index in [4.69, 9.17) is 0 Å². The third kappa shape index (κ3) is 4.68. The molecule has 0 aromatic heterocycles. The summed E-state index contributed by atoms with van der Waals surface area (Å²) in [4.78, 5) is 15.5. The van der Waals surface area contributed by atoms with Crippen LogP contribution in [0.15, 0.2) is 22.7 Å². The third-order valence-corrected chi connectivity index (χ3v) is 4.38. The highest BCUT2D eigenvalue weighted by Gasteiger charge is 2.21. The molecule has 1 saturated heterocycles. The fourth-order valence-corrected chi connectivity index (χ4v) is 2.64. The second kappa shape index (κ2) is 7.22. The molecule has 1 aromatic carbocycles. The molecule has 0 aliphatic carbocycles. The van der Waals surface area contributed by atoms with E-state index in [0.717, 1.165) is 31.6 Å². The predicted octanol–water partition coefficient (Wildman–Crippen LogP) is 2.55. The summed E-state index contributed by atoms with van der Waals surface area (Å²) in [5.74, 6) is -0.120. The Morgan fingerprint density at radius 3 is 2.67 bits per heavy atom. The van der Waals surface area contributed by atoms with Crippen LogP contribution in [0, 0.1) is 5.82 Å². The maximum atomic E-state index is 13.5. The number of amides is 1. The standard InChI is InChI=1S/C15H21BrFN3O/c1-19(2)15(21)10-20-7-5-11(6-8-20)18-12-3-4-13(16)14(17)9-12/h3-4,9,11,18H,5-8,10H2,1-2H3. The number of likely N-dealkylation sites (tertiary alicyclic amines) is 1. The minimum atomic E-state index is -0.256. The largest absolute Gasteiger partial charge is 0.382 e. The summed E-state index contributed by atoms with van der Waals surface area (Å²) in [6, 6.07) is 5.42. The smallest absolute Gasteiger partial charge is 0.236 e. The number of carbonyl (C=O) groups is 1. The topological polar surface area (TPSA) is 35.6 Å². The first kappa shape index (κ1) is 16.2. The van der Waals surface area contributed by atoms with Gasteiger partial charge in [-0.3, -0.25) is 9.69 Å². The first-order chi connectivity index (χ1) is 9.95. The van der Waals surface area contributed by atoms with Crippen LogP contribution in [0.1, 0.15) is 12.8 Å². The van der Waals surface area contributed by atoms with Crippen molar-refractivity contribution in [2.75, 3.05) is 39.0 Å². The van der Waals surface area contributed by atoms with E-state index in [-0.39, 0.29) is 11.7 Å². The van der Waals surface area contributed by atoms with Gasteiger partial charge in [0, 0.05) is 38.9 Å². The van der Waals surface area contributed by atoms with E-state index in [0.29, 0.717) is 17.1 Å². The Balaban J connectivity index is 1.81. The van der Waals surface area contributed by atoms with Crippen molar-refractivity contribution in [1.29, 1.82) is 0 Å². The summed E-state index contributed by atoms with van der Waals surface area (Å²) in [6.45, 7) is 2.25. The number of benzene rings is 1. The Morgan fingerprint density at radius 2 is 2.10 bits per heavy atom. The number of carbonyl (C=O) groups excluding carboxylic acids is 1. The van der Waals surface area contributed by atoms with Crippen molar-refractivity contribution in [2.45, 2.75) is 18.9 Å². The number of hydrogen-bond donors (Lipinski definition) is 1. The van der Waals surface area contributed by atoms with Crippen LogP contribution >= 0.6 is 15.9 Å². The van der Waals surface area contributed by atoms with E-state index < -0.39 is 0 Å². The second-order valence-electron chi connectivity index (χ2n) is 5.61. The van der Waals surface area contributed by atoms with Crippen molar-refractivity contribution in [3.05, 3.63) is 28.5 Å². The van der Waals surface area contributed by atoms with E-state index in [2.05, 4.69) is 26.1 Å². The van der Waals surface area contributed by atoms with Gasteiger partial charge in [0.2, 0.25) is 5.91 Å². The van der Waals surface area contributed by atoms with Crippen molar-refractivity contribution >= 4 is 27.5 Å². The fraction of sp³-hybridized carbons (Fsp3) is 0.533. The molecule has 2 rings (SSSR count). The van der Waals surface area contributed by atoms with Crippen molar-refractivity contribution in [2.24, 2.45) is 0 Å². The Labute approximate surface area is 133 Å². The number of rotatable bonds is 4. The monoisotopic (exact) mass is 357 g/mol. The van der Waals surface area contributed by atoms with Crippen LogP contribution in [0.5, 0.6) is 0 Å². The summed E-state index contributed by atoms with van der Waals surface area (Å²) in [5.41, 5.74) is 0.804. The van der Waals surface area contributed by atoms with Gasteiger partial charge in [-0.05, 0) is 47.0 Å². The van der Waals surface area contributed by atoms with Crippen molar-refractivity contribution in [3.63, 3.8) is 0 Å². The van der Waals surface area contributed by atoms with E-state index in [1.54, 1.807) is 25.1 Å². The molecule has 0 unspecified atom stereocenters. The van der Waals surface area contributed by atoms with Gasteiger partial charge < -0.3 is 10.2 Å². The molecule has 1 aliphatic heterocycles. The quantitative estimate of drug-likeness (QED) is 0.899. The maximum absolute atomic E-state index is 13.5. The van der Waals surface area contributed by atoms with E-state index in [1.807, 2.05) is 6.07 Å². The molecule has 4 nitrogen and oxygen atoms in total. The number of halogens is 2. The summed E-state index contributed by atoms with van der Waals surface area (Å²) in [5, 5.41) is 3.36. The predicted molar refractivity (Wildman–Crippen MR) is 85.9 cm³/mol. The van der Waals surface area contributed by atoms with Gasteiger partial charge >= 0.3 is 0 Å². The molecule has 0 spiro atoms. The zero-order valence-corrected chi connectivity index (χ0v) is 14.0. The molecule has 0 bridgehead atoms. The molecule has 1 fully saturated rings. The zero-order chi connectivity index (χ0) is 15.4. The first-order valence-electron chi connectivity index (χ1n) is 7.10. The van der Waals surface area contributed by atoms with E-state index in [1.165, 1.54) is 6.07 Å². The highest BCUT2D eigenvalue weighted by atomic mass is 79.9. The number of anilines is 1. The van der Waals surface area contributed by atoms with Gasteiger partial charge in [0.05, 0.1) is 11.0 Å². The molecule has 116 valence electrons. The van der Waals surface area contributed by atoms with Crippen LogP contribution in [0.3, 0.4) is 0 Å². The summed E-state index contributed by atoms with van der Waals surface area (Å²) < 4.78 is 14.0. The molecule has 1 aromatic rings. The van der Waals surface area contributed by atoms with Crippen molar-refractivity contribution in [1.82, 2.24) is 9.80 Å². The molecule has 0 saturated carbocycles. The van der Waals surface area contributed by atoms with Crippen LogP contribution in [0.4, 0.5) is 10.1 Å². The SMILES string of the molecule is CN(C)C(=O)CN1CCC(Nc2ccc(Br)c(F)c2)CC1. The zero-order valence-electron chi connectivity index (χ0n) is 12.4. The van der Waals surface area contributed by atoms with Crippen LogP contribution in [0.2, 0.25) is 0 Å². The van der Waals surface area contributed by atoms with Gasteiger partial charge in [-0.15, -0.1) is 0 Å². The molecule has 1 amide bonds. The molecule has 0 atom stereocenters. The highest BCUT2D eigenvalue weighted by Crippen LogP contribution is 2.22. The minimum absolute atomic E-state index is 0.136. The average molecular weight is 358 g/mol. The molecule has 21 heavy (non-hydrogen) atoms. The number of hydrogen-bond acceptors (Lipinski definition) is 3. The summed E-state index contributed by atoms with van der Waals surface area (Å²) in [6.07, 6.45) is 1.91. The Kier molecular flexibility index (Phi) is 5.58. The molecule has 6 heteroatoms. The molecule has 1 aliphatic rings. The second-order valence-corrected chi connectivity index (χ2v) is 6.47. The summed E-state index contributed by atoms with van der Waals surface area (Å²) >= 11 is 3.15. The van der Waals surface area contributed by atoms with Gasteiger partial charge in [-0.1, -0.05) is 0 Å². The van der Waals surface area contributed by atoms with Crippen molar-refractivity contribution in [3.8, 4) is 0 Å². The third-order valence-electron chi connectivity index (χ3n) is 3.74. The van der Waals surface area contributed by atoms with Crippen LogP contribution < -0.4 is 5.32 Å². The molecule has 1 N–H and O–H groups in total. The van der Waals surface area contributed by atoms with Gasteiger partial charge in [0.15, 0.2) is 0 Å². The maximum Gasteiger partial charge on any atom is 0.236 e. The number of piperidine rings is 1. The Bertz CT molecular complexity index is 502. The lowest BCUT2D eigenvalue weighted by Gasteiger charge is -2.33. The van der Waals surface area contributed by atoms with E-state index in [9.17, 15) is 9.18 Å². The highest BCUT2D eigenvalue weighted by molar-refractivity contribution is 9.10. The van der Waals surface area contributed by atoms with Gasteiger partial charge in [-0.25, -0.2) is 4.39 Å². The van der Waals surface area contributed by atoms with Gasteiger partial charge in [-0.2, -0.15) is 0 Å². The van der Waals surface area contributed by atoms with Gasteiger partial charge in [0.25, 0.3) is 0 Å². The fourth-order valence-electron chi connectivity index (χ4n) is 2.39. The minimum Gasteiger partial charge on any atom is -0.382 e. The van der Waals surface area contributed by atoms with Crippen LogP contribution in [-0.2, 0) is 4.79 Å². The summed E-state index contributed by atoms with van der Waals surface area (Å²) in [7, 11) is 3.55. The average Bonchev–Trinajstić information content (AvgIpc) is 2.45. The van der Waals surface area contributed by atoms with Crippen LogP contribution in [0.25, 0.3) is 0 Å². The van der Waals surface area contributed by atoms with Gasteiger partial charge in [0.1, 0.15) is 5.82 Å². The van der Waals surface area contributed by atoms with E-state index >= 15 is 0 Å². The van der Waals surface area contributed by atoms with Crippen LogP contribution in [-0.4, -0.2) is 55.5 Å². The number of nitrogens with one attached hydrogen (secondary N) is 1. The lowest BCUT2D eigenvalue weighted by atomic mass is 10.0. The number of nitrogens with zero attached hydrogens (tertiary/aromatic N) is 2. The normalized spacial score (nSPS) is 16.8. The first-order valence-corrected chi connectivity index (χ1v) is 7.89. The molecular weight excluding hydrogens is 337 g/mol. The lowest BCUT2D eigenvalue weighted by Crippen LogP contribution is -2.43. The van der Waals surface area contributed by atoms with Crippen molar-refractivity contribution < 1.29 is 9.18 Å².